The Morgan fingerprint density at radius 2 is 0.658 bits per heavy atom. The number of unbranched alkanes of at least 4 members (excludes halogenated alkanes) is 23. The van der Waals surface area contributed by atoms with Gasteiger partial charge in [0.25, 0.3) is 0 Å². The predicted octanol–water partition coefficient (Wildman–Crippen LogP) is 20.5. The molecule has 0 fully saturated rings. The van der Waals surface area contributed by atoms with E-state index in [-0.39, 0.29) is 32.6 Å². The number of allylic oxidation sites excluding steroid dienone is 22. The van der Waals surface area contributed by atoms with Crippen molar-refractivity contribution in [3.05, 3.63) is 134 Å². The molecule has 0 spiro atoms. The van der Waals surface area contributed by atoms with Crippen molar-refractivity contribution < 1.29 is 37.6 Å². The van der Waals surface area contributed by atoms with E-state index in [4.69, 9.17) is 24.3 Å². The van der Waals surface area contributed by atoms with Crippen LogP contribution in [0, 0.1) is 0 Å². The van der Waals surface area contributed by atoms with Crippen LogP contribution in [0.5, 0.6) is 0 Å². The first kappa shape index (κ1) is 75.2. The first-order valence-corrected chi connectivity index (χ1v) is 33.2. The second-order valence-corrected chi connectivity index (χ2v) is 22.0. The van der Waals surface area contributed by atoms with Crippen LogP contribution in [-0.4, -0.2) is 49.3 Å². The SMILES string of the molecule is CC/C=C\C/C=C\C/C=C\C/C=C\C/C=C\C/C=C\CCCCCCCCCCCCCCCCCCCCCCC(=O)OC(COC(=O)CCCCC/C=C\C/C=C\C/C=C\C/C=C\C/C=C\CC)COP(=O)(O)OCCN. The summed E-state index contributed by atoms with van der Waals surface area (Å²) in [5.74, 6) is -0.866. The van der Waals surface area contributed by atoms with Gasteiger partial charge in [0.1, 0.15) is 6.61 Å². The van der Waals surface area contributed by atoms with E-state index in [1.807, 2.05) is 0 Å². The zero-order chi connectivity index (χ0) is 57.3. The Hall–Kier alpha value is -3.85. The van der Waals surface area contributed by atoms with Crippen molar-refractivity contribution in [2.75, 3.05) is 26.4 Å². The Balaban J connectivity index is 3.89. The number of rotatable bonds is 58. The highest BCUT2D eigenvalue weighted by Gasteiger charge is 2.26. The summed E-state index contributed by atoms with van der Waals surface area (Å²) < 4.78 is 33.0. The van der Waals surface area contributed by atoms with E-state index in [0.717, 1.165) is 109 Å². The molecular weight excluding hydrogens is 1000 g/mol. The van der Waals surface area contributed by atoms with E-state index < -0.39 is 32.5 Å². The van der Waals surface area contributed by atoms with Crippen molar-refractivity contribution in [1.29, 1.82) is 0 Å². The molecular formula is C69H116NO8P. The smallest absolute Gasteiger partial charge is 0.462 e. The summed E-state index contributed by atoms with van der Waals surface area (Å²) in [5.41, 5.74) is 5.38. The standard InChI is InChI=1S/C69H116NO8P/c1-3-5-7-9-11-13-15-17-19-21-23-24-25-26-27-28-29-30-31-32-33-34-35-36-37-38-39-40-41-42-44-46-48-50-52-54-56-58-60-62-69(72)78-67(66-77-79(73,74)76-64-63-70)65-75-68(71)61-59-57-55-53-51-49-47-45-43-22-20-18-16-14-12-10-8-6-4-2/h5-8,11-14,17-20,23-24,26-27,29-30,43,45,49,51,67H,3-4,9-10,15-16,21-22,25,28,31-42,44,46-48,50,52-66,70H2,1-2H3,(H,73,74)/b7-5-,8-6-,13-11-,14-12-,19-17-,20-18-,24-23-,27-26-,30-29-,45-43-,51-49-. The van der Waals surface area contributed by atoms with Crippen LogP contribution in [0.3, 0.4) is 0 Å². The Labute approximate surface area is 484 Å². The summed E-state index contributed by atoms with van der Waals surface area (Å²) in [7, 11) is -4.40. The Kier molecular flexibility index (Phi) is 60.2. The summed E-state index contributed by atoms with van der Waals surface area (Å²) in [5, 5.41) is 0. The molecule has 0 radical (unpaired) electrons. The summed E-state index contributed by atoms with van der Waals surface area (Å²) in [6.45, 7) is 3.48. The summed E-state index contributed by atoms with van der Waals surface area (Å²) in [6.07, 6.45) is 89.6. The van der Waals surface area contributed by atoms with Crippen molar-refractivity contribution in [3.8, 4) is 0 Å². The third-order valence-electron chi connectivity index (χ3n) is 13.0. The summed E-state index contributed by atoms with van der Waals surface area (Å²) in [4.78, 5) is 35.2. The molecule has 0 aromatic heterocycles. The van der Waals surface area contributed by atoms with Gasteiger partial charge in [0.2, 0.25) is 0 Å². The molecule has 3 N–H and O–H groups in total. The molecule has 450 valence electrons. The fourth-order valence-electron chi connectivity index (χ4n) is 8.43. The molecule has 10 heteroatoms. The number of ether oxygens (including phenoxy) is 2. The van der Waals surface area contributed by atoms with E-state index in [1.165, 1.54) is 109 Å². The fraction of sp³-hybridized carbons (Fsp3) is 0.652. The minimum absolute atomic E-state index is 0.0437. The number of carbonyl (C=O) groups is 2. The van der Waals surface area contributed by atoms with E-state index in [1.54, 1.807) is 0 Å². The molecule has 2 unspecified atom stereocenters. The summed E-state index contributed by atoms with van der Waals surface area (Å²) in [6, 6.07) is 0. The van der Waals surface area contributed by atoms with E-state index >= 15 is 0 Å². The lowest BCUT2D eigenvalue weighted by atomic mass is 10.0. The number of hydrogen-bond acceptors (Lipinski definition) is 8. The molecule has 0 aliphatic rings. The first-order chi connectivity index (χ1) is 38.8. The lowest BCUT2D eigenvalue weighted by molar-refractivity contribution is -0.161. The first-order valence-electron chi connectivity index (χ1n) is 31.7. The molecule has 0 amide bonds. The minimum Gasteiger partial charge on any atom is -0.462 e. The second kappa shape index (κ2) is 63.3. The van der Waals surface area contributed by atoms with Crippen LogP contribution in [0.1, 0.15) is 258 Å². The van der Waals surface area contributed by atoms with Gasteiger partial charge in [0.15, 0.2) is 6.10 Å². The van der Waals surface area contributed by atoms with Crippen molar-refractivity contribution in [2.24, 2.45) is 5.73 Å². The highest BCUT2D eigenvalue weighted by Crippen LogP contribution is 2.43. The third kappa shape index (κ3) is 63.2. The molecule has 0 heterocycles. The van der Waals surface area contributed by atoms with Crippen LogP contribution in [0.15, 0.2) is 134 Å². The normalized spacial score (nSPS) is 13.9. The van der Waals surface area contributed by atoms with Gasteiger partial charge in [-0.15, -0.1) is 0 Å². The minimum atomic E-state index is -4.40. The maximum atomic E-state index is 12.7. The van der Waals surface area contributed by atoms with Gasteiger partial charge in [-0.2, -0.15) is 0 Å². The number of phosphoric ester groups is 1. The maximum absolute atomic E-state index is 12.7. The van der Waals surface area contributed by atoms with Crippen LogP contribution in [0.4, 0.5) is 0 Å². The van der Waals surface area contributed by atoms with E-state index in [2.05, 4.69) is 148 Å². The number of nitrogens with two attached hydrogens (primary N) is 1. The van der Waals surface area contributed by atoms with Gasteiger partial charge >= 0.3 is 19.8 Å². The van der Waals surface area contributed by atoms with Crippen LogP contribution in [0.2, 0.25) is 0 Å². The molecule has 0 aromatic rings. The topological polar surface area (TPSA) is 134 Å². The van der Waals surface area contributed by atoms with Gasteiger partial charge in [-0.3, -0.25) is 18.6 Å². The molecule has 0 saturated heterocycles. The summed E-state index contributed by atoms with van der Waals surface area (Å²) >= 11 is 0. The molecule has 0 saturated carbocycles. The molecule has 9 nitrogen and oxygen atoms in total. The fourth-order valence-corrected chi connectivity index (χ4v) is 9.20. The molecule has 0 rings (SSSR count). The van der Waals surface area contributed by atoms with Gasteiger partial charge in [-0.05, 0) is 109 Å². The average molecular weight is 1120 g/mol. The third-order valence-corrected chi connectivity index (χ3v) is 14.0. The monoisotopic (exact) mass is 1120 g/mol. The van der Waals surface area contributed by atoms with Crippen LogP contribution < -0.4 is 5.73 Å². The number of carbonyl (C=O) groups excluding carboxylic acids is 2. The highest BCUT2D eigenvalue weighted by atomic mass is 31.2. The van der Waals surface area contributed by atoms with Crippen LogP contribution in [-0.2, 0) is 32.7 Å². The largest absolute Gasteiger partial charge is 0.472 e. The maximum Gasteiger partial charge on any atom is 0.472 e. The second-order valence-electron chi connectivity index (χ2n) is 20.5. The van der Waals surface area contributed by atoms with E-state index in [9.17, 15) is 19.0 Å². The number of hydrogen-bond donors (Lipinski definition) is 2. The van der Waals surface area contributed by atoms with Gasteiger partial charge < -0.3 is 20.1 Å². The molecule has 2 atom stereocenters. The average Bonchev–Trinajstić information content (AvgIpc) is 3.44. The molecule has 0 aliphatic carbocycles. The van der Waals surface area contributed by atoms with Crippen molar-refractivity contribution in [1.82, 2.24) is 0 Å². The number of esters is 2. The zero-order valence-electron chi connectivity index (χ0n) is 50.3. The van der Waals surface area contributed by atoms with Crippen molar-refractivity contribution in [3.63, 3.8) is 0 Å². The Bertz CT molecular complexity index is 1750. The van der Waals surface area contributed by atoms with E-state index in [0.29, 0.717) is 12.8 Å². The van der Waals surface area contributed by atoms with Gasteiger partial charge in [-0.1, -0.05) is 270 Å². The van der Waals surface area contributed by atoms with Gasteiger partial charge in [-0.25, -0.2) is 4.57 Å². The van der Waals surface area contributed by atoms with Crippen LogP contribution in [0.25, 0.3) is 0 Å². The van der Waals surface area contributed by atoms with Gasteiger partial charge in [0, 0.05) is 19.4 Å². The molecule has 0 aliphatic heterocycles. The molecule has 0 aromatic carbocycles. The molecule has 0 bridgehead atoms. The van der Waals surface area contributed by atoms with Crippen molar-refractivity contribution >= 4 is 19.8 Å². The lowest BCUT2D eigenvalue weighted by Crippen LogP contribution is -2.29. The Morgan fingerprint density at radius 1 is 0.380 bits per heavy atom. The Morgan fingerprint density at radius 3 is 0.987 bits per heavy atom. The quantitative estimate of drug-likeness (QED) is 0.0264. The van der Waals surface area contributed by atoms with Crippen LogP contribution >= 0.6 is 7.82 Å². The lowest BCUT2D eigenvalue weighted by Gasteiger charge is -2.19. The van der Waals surface area contributed by atoms with Crippen molar-refractivity contribution in [2.45, 2.75) is 264 Å². The zero-order valence-corrected chi connectivity index (χ0v) is 51.2. The molecule has 79 heavy (non-hydrogen) atoms. The predicted molar refractivity (Wildman–Crippen MR) is 339 cm³/mol. The van der Waals surface area contributed by atoms with Gasteiger partial charge in [0.05, 0.1) is 13.2 Å². The highest BCUT2D eigenvalue weighted by molar-refractivity contribution is 7.47. The number of phosphoric acid groups is 1.